The van der Waals surface area contributed by atoms with Gasteiger partial charge in [-0.2, -0.15) is 0 Å². The predicted molar refractivity (Wildman–Crippen MR) is 35.2 cm³/mol. The maximum atomic E-state index is 10.8. The van der Waals surface area contributed by atoms with Crippen LogP contribution in [0.3, 0.4) is 0 Å². The molecule has 0 spiro atoms. The molecule has 2 amide bonds. The number of carbonyl (C=O) groups is 2. The van der Waals surface area contributed by atoms with E-state index < -0.39 is 0 Å². The van der Waals surface area contributed by atoms with Crippen molar-refractivity contribution in [1.82, 2.24) is 10.6 Å². The van der Waals surface area contributed by atoms with Gasteiger partial charge >= 0.3 is 0 Å². The number of hydrogen-bond acceptors (Lipinski definition) is 3. The van der Waals surface area contributed by atoms with Crippen molar-refractivity contribution in [3.05, 3.63) is 0 Å². The summed E-state index contributed by atoms with van der Waals surface area (Å²) in [5.41, 5.74) is 0. The van der Waals surface area contributed by atoms with Crippen molar-refractivity contribution >= 4 is 11.8 Å². The fourth-order valence-corrected chi connectivity index (χ4v) is 0.965. The van der Waals surface area contributed by atoms with Crippen LogP contribution in [0, 0.1) is 0 Å². The maximum Gasteiger partial charge on any atom is 0.244 e. The zero-order valence-corrected chi connectivity index (χ0v) is 5.81. The van der Waals surface area contributed by atoms with Gasteiger partial charge in [0.05, 0.1) is 12.5 Å². The summed E-state index contributed by atoms with van der Waals surface area (Å²) in [5.74, 6) is -0.386. The summed E-state index contributed by atoms with van der Waals surface area (Å²) in [7, 11) is 0. The molecule has 1 saturated heterocycles. The van der Waals surface area contributed by atoms with Crippen LogP contribution in [-0.4, -0.2) is 24.4 Å². The minimum absolute atomic E-state index is 0.184. The fraction of sp³-hybridized carbons (Fsp3) is 0.667. The lowest BCUT2D eigenvalue weighted by molar-refractivity contribution is -0.125. The van der Waals surface area contributed by atoms with E-state index in [1.54, 1.807) is 0 Å². The van der Waals surface area contributed by atoms with Gasteiger partial charge in [0.15, 0.2) is 0 Å². The van der Waals surface area contributed by atoms with Crippen LogP contribution in [0.1, 0.15) is 13.3 Å². The molecule has 1 fully saturated rings. The molecular formula is C6H10N2O2. The van der Waals surface area contributed by atoms with Gasteiger partial charge in [0.1, 0.15) is 0 Å². The highest BCUT2D eigenvalue weighted by atomic mass is 16.2. The highest BCUT2D eigenvalue weighted by molar-refractivity contribution is 6.05. The highest BCUT2D eigenvalue weighted by Gasteiger charge is 2.28. The van der Waals surface area contributed by atoms with Crippen molar-refractivity contribution in [3.63, 3.8) is 0 Å². The number of likely N-dealkylation sites (N-methyl/N-ethyl adjacent to an activating group) is 1. The predicted octanol–water partition coefficient (Wildman–Crippen LogP) is -0.989. The summed E-state index contributed by atoms with van der Waals surface area (Å²) in [5, 5.41) is 5.10. The quantitative estimate of drug-likeness (QED) is 0.487. The van der Waals surface area contributed by atoms with E-state index in [2.05, 4.69) is 10.6 Å². The Hall–Kier alpha value is -0.900. The summed E-state index contributed by atoms with van der Waals surface area (Å²) in [6.07, 6.45) is 0.284. The summed E-state index contributed by atoms with van der Waals surface area (Å²) in [6.45, 7) is 2.61. The molecule has 1 aliphatic rings. The lowest BCUT2D eigenvalue weighted by Crippen LogP contribution is -2.35. The largest absolute Gasteiger partial charge is 0.306 e. The number of rotatable bonds is 2. The van der Waals surface area contributed by atoms with Gasteiger partial charge in [-0.3, -0.25) is 14.9 Å². The average molecular weight is 142 g/mol. The van der Waals surface area contributed by atoms with Gasteiger partial charge in [-0.15, -0.1) is 0 Å². The molecule has 2 N–H and O–H groups in total. The molecule has 0 aromatic heterocycles. The molecule has 0 aromatic rings. The maximum absolute atomic E-state index is 10.8. The van der Waals surface area contributed by atoms with Crippen LogP contribution in [0.2, 0.25) is 0 Å². The lowest BCUT2D eigenvalue weighted by atomic mass is 10.2. The standard InChI is InChI=1S/C6H10N2O2/c1-2-7-4-3-5(9)8-6(4)10/h4,7H,2-3H2,1H3,(H,8,9,10). The van der Waals surface area contributed by atoms with Gasteiger partial charge in [-0.1, -0.05) is 6.92 Å². The van der Waals surface area contributed by atoms with E-state index in [0.29, 0.717) is 6.54 Å². The van der Waals surface area contributed by atoms with E-state index in [1.807, 2.05) is 6.92 Å². The second kappa shape index (κ2) is 2.79. The molecule has 1 heterocycles. The van der Waals surface area contributed by atoms with Crippen LogP contribution < -0.4 is 10.6 Å². The van der Waals surface area contributed by atoms with E-state index in [9.17, 15) is 9.59 Å². The average Bonchev–Trinajstić information content (AvgIpc) is 2.13. The smallest absolute Gasteiger partial charge is 0.244 e. The molecule has 0 radical (unpaired) electrons. The Balaban J connectivity index is 2.46. The molecule has 1 atom stereocenters. The molecule has 0 saturated carbocycles. The van der Waals surface area contributed by atoms with Crippen LogP contribution in [-0.2, 0) is 9.59 Å². The zero-order chi connectivity index (χ0) is 7.56. The first-order valence-electron chi connectivity index (χ1n) is 3.31. The molecule has 10 heavy (non-hydrogen) atoms. The second-order valence-electron chi connectivity index (χ2n) is 2.23. The summed E-state index contributed by atoms with van der Waals surface area (Å²) in [4.78, 5) is 21.3. The van der Waals surface area contributed by atoms with Gasteiger partial charge in [0, 0.05) is 0 Å². The molecule has 56 valence electrons. The fourth-order valence-electron chi connectivity index (χ4n) is 0.965. The summed E-state index contributed by atoms with van der Waals surface area (Å²) >= 11 is 0. The molecule has 1 rings (SSSR count). The number of carbonyl (C=O) groups excluding carboxylic acids is 2. The first-order valence-corrected chi connectivity index (χ1v) is 3.31. The minimum atomic E-state index is -0.294. The van der Waals surface area contributed by atoms with Gasteiger partial charge in [0.2, 0.25) is 11.8 Å². The Morgan fingerprint density at radius 3 is 2.80 bits per heavy atom. The molecule has 4 nitrogen and oxygen atoms in total. The molecular weight excluding hydrogens is 132 g/mol. The lowest BCUT2D eigenvalue weighted by Gasteiger charge is -2.03. The first kappa shape index (κ1) is 7.21. The Morgan fingerprint density at radius 2 is 2.40 bits per heavy atom. The Kier molecular flexibility index (Phi) is 2.01. The molecule has 4 heteroatoms. The van der Waals surface area contributed by atoms with Crippen molar-refractivity contribution in [2.75, 3.05) is 6.54 Å². The summed E-state index contributed by atoms with van der Waals surface area (Å²) < 4.78 is 0. The number of amides is 2. The van der Waals surface area contributed by atoms with Crippen LogP contribution in [0.15, 0.2) is 0 Å². The molecule has 0 aromatic carbocycles. The number of hydrogen-bond donors (Lipinski definition) is 2. The van der Waals surface area contributed by atoms with E-state index in [1.165, 1.54) is 0 Å². The van der Waals surface area contributed by atoms with Crippen LogP contribution in [0.5, 0.6) is 0 Å². The normalized spacial score (nSPS) is 25.1. The second-order valence-corrected chi connectivity index (χ2v) is 2.23. The van der Waals surface area contributed by atoms with Crippen LogP contribution in [0.4, 0.5) is 0 Å². The van der Waals surface area contributed by atoms with Crippen molar-refractivity contribution in [3.8, 4) is 0 Å². The number of imide groups is 1. The molecule has 1 unspecified atom stereocenters. The van der Waals surface area contributed by atoms with Gasteiger partial charge in [-0.25, -0.2) is 0 Å². The third-order valence-electron chi connectivity index (χ3n) is 1.42. The van der Waals surface area contributed by atoms with Gasteiger partial charge < -0.3 is 5.32 Å². The van der Waals surface area contributed by atoms with E-state index in [0.717, 1.165) is 0 Å². The third kappa shape index (κ3) is 1.33. The van der Waals surface area contributed by atoms with Crippen molar-refractivity contribution in [1.29, 1.82) is 0 Å². The molecule has 0 bridgehead atoms. The minimum Gasteiger partial charge on any atom is -0.306 e. The Bertz CT molecular complexity index is 167. The van der Waals surface area contributed by atoms with Crippen molar-refractivity contribution in [2.24, 2.45) is 0 Å². The Labute approximate surface area is 59.0 Å². The van der Waals surface area contributed by atoms with E-state index in [4.69, 9.17) is 0 Å². The van der Waals surface area contributed by atoms with Crippen molar-refractivity contribution < 1.29 is 9.59 Å². The van der Waals surface area contributed by atoms with E-state index in [-0.39, 0.29) is 24.3 Å². The van der Waals surface area contributed by atoms with Crippen molar-refractivity contribution in [2.45, 2.75) is 19.4 Å². The highest BCUT2D eigenvalue weighted by Crippen LogP contribution is 1.99. The first-order chi connectivity index (χ1) is 4.74. The summed E-state index contributed by atoms with van der Waals surface area (Å²) in [6, 6.07) is -0.294. The molecule has 0 aliphatic carbocycles. The number of nitrogens with one attached hydrogen (secondary N) is 2. The Morgan fingerprint density at radius 1 is 1.70 bits per heavy atom. The molecule has 1 aliphatic heterocycles. The van der Waals surface area contributed by atoms with Crippen LogP contribution >= 0.6 is 0 Å². The van der Waals surface area contributed by atoms with Gasteiger partial charge in [0.25, 0.3) is 0 Å². The zero-order valence-electron chi connectivity index (χ0n) is 5.81. The van der Waals surface area contributed by atoms with E-state index >= 15 is 0 Å². The van der Waals surface area contributed by atoms with Crippen LogP contribution in [0.25, 0.3) is 0 Å². The monoisotopic (exact) mass is 142 g/mol. The topological polar surface area (TPSA) is 58.2 Å². The SMILES string of the molecule is CCNC1CC(=O)NC1=O. The van der Waals surface area contributed by atoms with Gasteiger partial charge in [-0.05, 0) is 6.54 Å². The third-order valence-corrected chi connectivity index (χ3v) is 1.42.